The average molecular weight is 324 g/mol. The minimum absolute atomic E-state index is 0.137. The fourth-order valence-corrected chi connectivity index (χ4v) is 1.78. The minimum atomic E-state index is -0.880. The lowest BCUT2D eigenvalue weighted by Gasteiger charge is -2.07. The van der Waals surface area contributed by atoms with E-state index < -0.39 is 24.3 Å². The zero-order valence-electron chi connectivity index (χ0n) is 11.2. The van der Waals surface area contributed by atoms with Crippen molar-refractivity contribution in [2.24, 2.45) is 0 Å². The standard InChI is InChI=1S/C15H11ClFNO4/c16-9-1-6-13(19)12(7-9)15(21)22-8-14(20)18-11-4-2-10(17)3-5-11/h1-7,19H,8H2,(H,18,20). The Balaban J connectivity index is 1.91. The summed E-state index contributed by atoms with van der Waals surface area (Å²) < 4.78 is 17.5. The van der Waals surface area contributed by atoms with Crippen LogP contribution in [0.5, 0.6) is 5.75 Å². The number of phenols is 1. The van der Waals surface area contributed by atoms with Gasteiger partial charge in [-0.15, -0.1) is 0 Å². The third-order valence-corrected chi connectivity index (χ3v) is 2.88. The molecule has 0 aromatic heterocycles. The average Bonchev–Trinajstić information content (AvgIpc) is 2.49. The molecule has 0 fully saturated rings. The van der Waals surface area contributed by atoms with Crippen molar-refractivity contribution in [3.05, 3.63) is 58.9 Å². The number of ether oxygens (including phenoxy) is 1. The summed E-state index contributed by atoms with van der Waals surface area (Å²) in [5.41, 5.74) is 0.232. The van der Waals surface area contributed by atoms with Crippen LogP contribution in [0.2, 0.25) is 5.02 Å². The lowest BCUT2D eigenvalue weighted by atomic mass is 10.2. The molecule has 0 atom stereocenters. The summed E-state index contributed by atoms with van der Waals surface area (Å²) in [6.07, 6.45) is 0. The topological polar surface area (TPSA) is 75.6 Å². The van der Waals surface area contributed by atoms with E-state index in [0.29, 0.717) is 5.69 Å². The van der Waals surface area contributed by atoms with Crippen molar-refractivity contribution in [2.75, 3.05) is 11.9 Å². The number of rotatable bonds is 4. The number of benzene rings is 2. The maximum Gasteiger partial charge on any atom is 0.342 e. The van der Waals surface area contributed by atoms with Crippen LogP contribution in [-0.4, -0.2) is 23.6 Å². The van der Waals surface area contributed by atoms with Gasteiger partial charge in [-0.3, -0.25) is 4.79 Å². The Bertz CT molecular complexity index is 703. The van der Waals surface area contributed by atoms with Gasteiger partial charge < -0.3 is 15.2 Å². The predicted molar refractivity (Wildman–Crippen MR) is 78.4 cm³/mol. The van der Waals surface area contributed by atoms with Crippen molar-refractivity contribution < 1.29 is 23.8 Å². The highest BCUT2D eigenvalue weighted by Crippen LogP contribution is 2.22. The molecule has 0 aliphatic heterocycles. The number of carbonyl (C=O) groups excluding carboxylic acids is 2. The summed E-state index contributed by atoms with van der Waals surface area (Å²) in [7, 11) is 0. The zero-order chi connectivity index (χ0) is 16.1. The Morgan fingerprint density at radius 2 is 1.86 bits per heavy atom. The molecule has 0 saturated carbocycles. The van der Waals surface area contributed by atoms with Crippen LogP contribution >= 0.6 is 11.6 Å². The molecular formula is C15H11ClFNO4. The highest BCUT2D eigenvalue weighted by Gasteiger charge is 2.15. The van der Waals surface area contributed by atoms with Crippen LogP contribution in [0.1, 0.15) is 10.4 Å². The second-order valence-electron chi connectivity index (χ2n) is 4.29. The lowest BCUT2D eigenvalue weighted by Crippen LogP contribution is -2.21. The Labute approximate surface area is 130 Å². The van der Waals surface area contributed by atoms with Crippen molar-refractivity contribution in [2.45, 2.75) is 0 Å². The van der Waals surface area contributed by atoms with Gasteiger partial charge in [-0.2, -0.15) is 0 Å². The van der Waals surface area contributed by atoms with Crippen LogP contribution in [-0.2, 0) is 9.53 Å². The van der Waals surface area contributed by atoms with E-state index in [1.165, 1.54) is 42.5 Å². The van der Waals surface area contributed by atoms with E-state index in [0.717, 1.165) is 0 Å². The normalized spacial score (nSPS) is 10.1. The first-order chi connectivity index (χ1) is 10.5. The summed E-state index contributed by atoms with van der Waals surface area (Å²) >= 11 is 5.71. The second-order valence-corrected chi connectivity index (χ2v) is 4.73. The number of esters is 1. The molecule has 1 amide bonds. The third-order valence-electron chi connectivity index (χ3n) is 2.64. The highest BCUT2D eigenvalue weighted by atomic mass is 35.5. The number of halogens is 2. The fourth-order valence-electron chi connectivity index (χ4n) is 1.61. The largest absolute Gasteiger partial charge is 0.507 e. The molecule has 2 aromatic carbocycles. The summed E-state index contributed by atoms with van der Waals surface area (Å²) in [5, 5.41) is 12.2. The zero-order valence-corrected chi connectivity index (χ0v) is 11.9. The van der Waals surface area contributed by atoms with Crippen LogP contribution < -0.4 is 5.32 Å². The molecule has 0 saturated heterocycles. The summed E-state index contributed by atoms with van der Waals surface area (Å²) in [6, 6.07) is 9.01. The molecule has 0 aliphatic carbocycles. The summed E-state index contributed by atoms with van der Waals surface area (Å²) in [5.74, 6) is -2.20. The molecule has 5 nitrogen and oxygen atoms in total. The molecule has 22 heavy (non-hydrogen) atoms. The van der Waals surface area contributed by atoms with Gasteiger partial charge in [-0.05, 0) is 42.5 Å². The molecule has 2 N–H and O–H groups in total. The quantitative estimate of drug-likeness (QED) is 0.848. The smallest absolute Gasteiger partial charge is 0.342 e. The van der Waals surface area contributed by atoms with Gasteiger partial charge in [0.25, 0.3) is 5.91 Å². The van der Waals surface area contributed by atoms with Crippen molar-refractivity contribution in [3.63, 3.8) is 0 Å². The number of carbonyl (C=O) groups is 2. The van der Waals surface area contributed by atoms with E-state index in [-0.39, 0.29) is 16.3 Å². The van der Waals surface area contributed by atoms with E-state index in [4.69, 9.17) is 16.3 Å². The van der Waals surface area contributed by atoms with Crippen molar-refractivity contribution in [1.82, 2.24) is 0 Å². The molecule has 114 valence electrons. The van der Waals surface area contributed by atoms with Crippen LogP contribution in [0, 0.1) is 5.82 Å². The van der Waals surface area contributed by atoms with E-state index in [2.05, 4.69) is 5.32 Å². The highest BCUT2D eigenvalue weighted by molar-refractivity contribution is 6.31. The van der Waals surface area contributed by atoms with Gasteiger partial charge in [-0.1, -0.05) is 11.6 Å². The summed E-state index contributed by atoms with van der Waals surface area (Å²) in [4.78, 5) is 23.4. The van der Waals surface area contributed by atoms with Gasteiger partial charge in [0.2, 0.25) is 0 Å². The van der Waals surface area contributed by atoms with E-state index >= 15 is 0 Å². The molecule has 0 aliphatic rings. The number of hydrogen-bond donors (Lipinski definition) is 2. The first kappa shape index (κ1) is 15.8. The van der Waals surface area contributed by atoms with Crippen LogP contribution in [0.4, 0.5) is 10.1 Å². The second kappa shape index (κ2) is 6.91. The maximum absolute atomic E-state index is 12.7. The first-order valence-electron chi connectivity index (χ1n) is 6.17. The predicted octanol–water partition coefficient (Wildman–Crippen LogP) is 2.98. The lowest BCUT2D eigenvalue weighted by molar-refractivity contribution is -0.119. The maximum atomic E-state index is 12.7. The number of aromatic hydroxyl groups is 1. The Hall–Kier alpha value is -2.60. The summed E-state index contributed by atoms with van der Waals surface area (Å²) in [6.45, 7) is -0.553. The van der Waals surface area contributed by atoms with Gasteiger partial charge in [-0.25, -0.2) is 9.18 Å². The number of amides is 1. The molecule has 0 radical (unpaired) electrons. The van der Waals surface area contributed by atoms with E-state index in [1.54, 1.807) is 0 Å². The SMILES string of the molecule is O=C(COC(=O)c1cc(Cl)ccc1O)Nc1ccc(F)cc1. The monoisotopic (exact) mass is 323 g/mol. The van der Waals surface area contributed by atoms with Gasteiger partial charge in [0.05, 0.1) is 0 Å². The van der Waals surface area contributed by atoms with Gasteiger partial charge in [0.15, 0.2) is 6.61 Å². The van der Waals surface area contributed by atoms with Gasteiger partial charge in [0.1, 0.15) is 17.1 Å². The Kier molecular flexibility index (Phi) is 4.95. The molecule has 0 spiro atoms. The number of anilines is 1. The van der Waals surface area contributed by atoms with E-state index in [9.17, 15) is 19.1 Å². The van der Waals surface area contributed by atoms with Crippen LogP contribution in [0.15, 0.2) is 42.5 Å². The van der Waals surface area contributed by atoms with Crippen molar-refractivity contribution in [1.29, 1.82) is 0 Å². The Morgan fingerprint density at radius 3 is 2.55 bits per heavy atom. The van der Waals surface area contributed by atoms with E-state index in [1.807, 2.05) is 0 Å². The molecule has 0 heterocycles. The first-order valence-corrected chi connectivity index (χ1v) is 6.54. The number of hydrogen-bond acceptors (Lipinski definition) is 4. The molecule has 2 aromatic rings. The van der Waals surface area contributed by atoms with Gasteiger partial charge in [0, 0.05) is 10.7 Å². The number of phenolic OH excluding ortho intramolecular Hbond substituents is 1. The van der Waals surface area contributed by atoms with Crippen molar-refractivity contribution >= 4 is 29.2 Å². The van der Waals surface area contributed by atoms with Crippen molar-refractivity contribution in [3.8, 4) is 5.75 Å². The molecule has 2 rings (SSSR count). The molecular weight excluding hydrogens is 313 g/mol. The molecule has 0 unspecified atom stereocenters. The van der Waals surface area contributed by atoms with Crippen LogP contribution in [0.3, 0.4) is 0 Å². The number of nitrogens with one attached hydrogen (secondary N) is 1. The molecule has 0 bridgehead atoms. The molecule has 7 heteroatoms. The minimum Gasteiger partial charge on any atom is -0.507 e. The van der Waals surface area contributed by atoms with Crippen LogP contribution in [0.25, 0.3) is 0 Å². The Morgan fingerprint density at radius 1 is 1.18 bits per heavy atom. The van der Waals surface area contributed by atoms with Gasteiger partial charge >= 0.3 is 5.97 Å². The third kappa shape index (κ3) is 4.20. The fraction of sp³-hybridized carbons (Fsp3) is 0.0667.